The molecule has 0 fully saturated rings. The zero-order valence-electron chi connectivity index (χ0n) is 9.75. The number of nitriles is 1. The molecule has 15 heavy (non-hydrogen) atoms. The van der Waals surface area contributed by atoms with Crippen LogP contribution in [0.25, 0.3) is 0 Å². The van der Waals surface area contributed by atoms with Crippen LogP contribution in [0.15, 0.2) is 0 Å². The van der Waals surface area contributed by atoms with E-state index in [1.807, 2.05) is 26.8 Å². The van der Waals surface area contributed by atoms with Gasteiger partial charge in [0, 0.05) is 13.2 Å². The van der Waals surface area contributed by atoms with Gasteiger partial charge in [0.1, 0.15) is 5.92 Å². The summed E-state index contributed by atoms with van der Waals surface area (Å²) in [7, 11) is 0. The van der Waals surface area contributed by atoms with Gasteiger partial charge in [0.2, 0.25) is 5.91 Å². The number of ether oxygens (including phenoxy) is 1. The highest BCUT2D eigenvalue weighted by Gasteiger charge is 2.16. The van der Waals surface area contributed by atoms with Gasteiger partial charge in [-0.2, -0.15) is 5.26 Å². The molecule has 4 heteroatoms. The van der Waals surface area contributed by atoms with Crippen LogP contribution in [0.5, 0.6) is 0 Å². The van der Waals surface area contributed by atoms with Crippen LogP contribution in [0.1, 0.15) is 33.6 Å². The lowest BCUT2D eigenvalue weighted by atomic mass is 10.1. The predicted octanol–water partition coefficient (Wildman–Crippen LogP) is 1.47. The van der Waals surface area contributed by atoms with Crippen molar-refractivity contribution in [2.24, 2.45) is 5.92 Å². The molecule has 0 aliphatic carbocycles. The first-order valence-electron chi connectivity index (χ1n) is 5.44. The summed E-state index contributed by atoms with van der Waals surface area (Å²) in [5.74, 6) is -0.713. The minimum Gasteiger partial charge on any atom is -0.377 e. The Morgan fingerprint density at radius 3 is 2.67 bits per heavy atom. The molecule has 0 spiro atoms. The lowest BCUT2D eigenvalue weighted by Gasteiger charge is -2.14. The fourth-order valence-electron chi connectivity index (χ4n) is 1.25. The highest BCUT2D eigenvalue weighted by molar-refractivity contribution is 5.80. The van der Waals surface area contributed by atoms with Gasteiger partial charge in [0.05, 0.1) is 12.2 Å². The summed E-state index contributed by atoms with van der Waals surface area (Å²) < 4.78 is 5.27. The summed E-state index contributed by atoms with van der Waals surface area (Å²) in [4.78, 5) is 11.5. The first-order chi connectivity index (χ1) is 7.15. The summed E-state index contributed by atoms with van der Waals surface area (Å²) in [6.45, 7) is 6.86. The van der Waals surface area contributed by atoms with E-state index in [4.69, 9.17) is 10.00 Å². The van der Waals surface area contributed by atoms with Gasteiger partial charge in [0.25, 0.3) is 0 Å². The zero-order chi connectivity index (χ0) is 11.7. The van der Waals surface area contributed by atoms with E-state index in [0.717, 1.165) is 6.42 Å². The minimum atomic E-state index is -0.524. The van der Waals surface area contributed by atoms with E-state index in [1.165, 1.54) is 0 Å². The number of nitrogens with one attached hydrogen (secondary N) is 1. The molecular weight excluding hydrogens is 192 g/mol. The van der Waals surface area contributed by atoms with Crippen LogP contribution in [-0.2, 0) is 9.53 Å². The van der Waals surface area contributed by atoms with E-state index >= 15 is 0 Å². The summed E-state index contributed by atoms with van der Waals surface area (Å²) >= 11 is 0. The first kappa shape index (κ1) is 13.9. The van der Waals surface area contributed by atoms with Crippen molar-refractivity contribution in [1.29, 1.82) is 5.26 Å². The van der Waals surface area contributed by atoms with Crippen LogP contribution in [0, 0.1) is 17.2 Å². The van der Waals surface area contributed by atoms with Crippen molar-refractivity contribution in [3.05, 3.63) is 0 Å². The van der Waals surface area contributed by atoms with Crippen molar-refractivity contribution >= 4 is 5.91 Å². The second-order valence-corrected chi connectivity index (χ2v) is 3.48. The average Bonchev–Trinajstić information content (AvgIpc) is 2.23. The van der Waals surface area contributed by atoms with Crippen molar-refractivity contribution in [2.45, 2.75) is 39.7 Å². The second kappa shape index (κ2) is 8.25. The molecule has 4 nitrogen and oxygen atoms in total. The summed E-state index contributed by atoms with van der Waals surface area (Å²) in [6, 6.07) is 2.01. The number of hydrogen-bond acceptors (Lipinski definition) is 3. The van der Waals surface area contributed by atoms with E-state index in [0.29, 0.717) is 19.6 Å². The number of hydrogen-bond donors (Lipinski definition) is 1. The van der Waals surface area contributed by atoms with Crippen molar-refractivity contribution < 1.29 is 9.53 Å². The van der Waals surface area contributed by atoms with Crippen molar-refractivity contribution in [1.82, 2.24) is 5.32 Å². The molecule has 0 aliphatic heterocycles. The predicted molar refractivity (Wildman–Crippen MR) is 58.1 cm³/mol. The Labute approximate surface area is 91.6 Å². The molecule has 2 unspecified atom stereocenters. The van der Waals surface area contributed by atoms with Crippen LogP contribution in [0.4, 0.5) is 0 Å². The topological polar surface area (TPSA) is 62.1 Å². The van der Waals surface area contributed by atoms with Crippen molar-refractivity contribution in [3.8, 4) is 6.07 Å². The average molecular weight is 212 g/mol. The molecule has 0 aromatic carbocycles. The zero-order valence-corrected chi connectivity index (χ0v) is 9.75. The number of carbonyl (C=O) groups excluding carboxylic acids is 1. The van der Waals surface area contributed by atoms with Gasteiger partial charge in [-0.1, -0.05) is 13.3 Å². The lowest BCUT2D eigenvalue weighted by Crippen LogP contribution is -2.36. The Morgan fingerprint density at radius 1 is 1.53 bits per heavy atom. The second-order valence-electron chi connectivity index (χ2n) is 3.48. The molecule has 0 radical (unpaired) electrons. The fourth-order valence-corrected chi connectivity index (χ4v) is 1.25. The third-order valence-corrected chi connectivity index (χ3v) is 2.06. The summed E-state index contributed by atoms with van der Waals surface area (Å²) in [5, 5.41) is 11.5. The molecular formula is C11H20N2O2. The molecule has 1 amide bonds. The Bertz CT molecular complexity index is 223. The molecule has 0 rings (SSSR count). The van der Waals surface area contributed by atoms with Gasteiger partial charge in [-0.05, 0) is 20.3 Å². The SMILES string of the molecule is CCCC(C#N)C(=O)NCC(C)OCC. The van der Waals surface area contributed by atoms with Gasteiger partial charge in [-0.25, -0.2) is 0 Å². The smallest absolute Gasteiger partial charge is 0.237 e. The van der Waals surface area contributed by atoms with Crippen molar-refractivity contribution in [3.63, 3.8) is 0 Å². The summed E-state index contributed by atoms with van der Waals surface area (Å²) in [6.07, 6.45) is 1.46. The Balaban J connectivity index is 3.86. The maximum absolute atomic E-state index is 11.5. The quantitative estimate of drug-likeness (QED) is 0.695. The Kier molecular flexibility index (Phi) is 7.65. The molecule has 0 saturated heterocycles. The van der Waals surface area contributed by atoms with E-state index in [-0.39, 0.29) is 12.0 Å². The molecule has 0 heterocycles. The molecule has 2 atom stereocenters. The number of amides is 1. The van der Waals surface area contributed by atoms with Gasteiger partial charge < -0.3 is 10.1 Å². The first-order valence-corrected chi connectivity index (χ1v) is 5.44. The van der Waals surface area contributed by atoms with Crippen LogP contribution >= 0.6 is 0 Å². The largest absolute Gasteiger partial charge is 0.377 e. The maximum atomic E-state index is 11.5. The van der Waals surface area contributed by atoms with Crippen LogP contribution in [0.3, 0.4) is 0 Å². The molecule has 0 saturated carbocycles. The van der Waals surface area contributed by atoms with Gasteiger partial charge in [0.15, 0.2) is 0 Å². The third kappa shape index (κ3) is 6.08. The lowest BCUT2D eigenvalue weighted by molar-refractivity contribution is -0.124. The molecule has 0 aromatic heterocycles. The minimum absolute atomic E-state index is 0.0000746. The molecule has 0 aromatic rings. The van der Waals surface area contributed by atoms with Gasteiger partial charge in [-0.3, -0.25) is 4.79 Å². The standard InChI is InChI=1S/C11H20N2O2/c1-4-6-10(7-12)11(14)13-8-9(3)15-5-2/h9-10H,4-6,8H2,1-3H3,(H,13,14). The number of nitrogens with zero attached hydrogens (tertiary/aromatic N) is 1. The highest BCUT2D eigenvalue weighted by atomic mass is 16.5. The number of carbonyl (C=O) groups is 1. The molecule has 0 aliphatic rings. The summed E-state index contributed by atoms with van der Waals surface area (Å²) in [5.41, 5.74) is 0. The Morgan fingerprint density at radius 2 is 2.20 bits per heavy atom. The van der Waals surface area contributed by atoms with E-state index in [9.17, 15) is 4.79 Å². The highest BCUT2D eigenvalue weighted by Crippen LogP contribution is 2.04. The van der Waals surface area contributed by atoms with Crippen LogP contribution in [-0.4, -0.2) is 25.2 Å². The Hall–Kier alpha value is -1.08. The van der Waals surface area contributed by atoms with Gasteiger partial charge in [-0.15, -0.1) is 0 Å². The van der Waals surface area contributed by atoms with Gasteiger partial charge >= 0.3 is 0 Å². The third-order valence-electron chi connectivity index (χ3n) is 2.06. The van der Waals surface area contributed by atoms with E-state index in [2.05, 4.69) is 5.32 Å². The molecule has 86 valence electrons. The number of rotatable bonds is 7. The normalized spacial score (nSPS) is 14.0. The van der Waals surface area contributed by atoms with Crippen LogP contribution in [0.2, 0.25) is 0 Å². The molecule has 1 N–H and O–H groups in total. The maximum Gasteiger partial charge on any atom is 0.237 e. The van der Waals surface area contributed by atoms with E-state index in [1.54, 1.807) is 0 Å². The fraction of sp³-hybridized carbons (Fsp3) is 0.818. The molecule has 0 bridgehead atoms. The van der Waals surface area contributed by atoms with Crippen LogP contribution < -0.4 is 5.32 Å². The van der Waals surface area contributed by atoms with Crippen molar-refractivity contribution in [2.75, 3.05) is 13.2 Å². The van der Waals surface area contributed by atoms with E-state index < -0.39 is 5.92 Å². The monoisotopic (exact) mass is 212 g/mol.